The summed E-state index contributed by atoms with van der Waals surface area (Å²) in [5.41, 5.74) is 0.461. The van der Waals surface area contributed by atoms with Gasteiger partial charge in [-0.1, -0.05) is 0 Å². The van der Waals surface area contributed by atoms with Gasteiger partial charge in [0.1, 0.15) is 5.82 Å². The van der Waals surface area contributed by atoms with Gasteiger partial charge in [-0.25, -0.2) is 4.98 Å². The molecule has 0 spiro atoms. The lowest BCUT2D eigenvalue weighted by Gasteiger charge is -2.40. The van der Waals surface area contributed by atoms with Crippen LogP contribution in [-0.2, 0) is 12.7 Å². The highest BCUT2D eigenvalue weighted by molar-refractivity contribution is 5.93. The quantitative estimate of drug-likeness (QED) is 0.739. The number of likely N-dealkylation sites (tertiary alicyclic amines) is 1. The van der Waals surface area contributed by atoms with Gasteiger partial charge in [-0.05, 0) is 31.9 Å². The van der Waals surface area contributed by atoms with E-state index < -0.39 is 11.7 Å². The minimum atomic E-state index is -4.40. The van der Waals surface area contributed by atoms with E-state index in [2.05, 4.69) is 20.1 Å². The lowest BCUT2D eigenvalue weighted by atomic mass is 10.1. The Morgan fingerprint density at radius 2 is 1.97 bits per heavy atom. The molecule has 2 saturated heterocycles. The maximum atomic E-state index is 12.9. The van der Waals surface area contributed by atoms with Crippen LogP contribution in [0.1, 0.15) is 41.4 Å². The molecule has 11 heteroatoms. The molecule has 2 fully saturated rings. The molecule has 1 atom stereocenters. The molecule has 2 aromatic rings. The lowest BCUT2D eigenvalue weighted by molar-refractivity contribution is -0.137. The van der Waals surface area contributed by atoms with E-state index in [0.29, 0.717) is 63.6 Å². The van der Waals surface area contributed by atoms with Crippen LogP contribution in [-0.4, -0.2) is 80.9 Å². The summed E-state index contributed by atoms with van der Waals surface area (Å²) in [6.07, 6.45) is -0.998. The maximum Gasteiger partial charge on any atom is 0.417 e. The number of aromatic nitrogens is 3. The number of pyridine rings is 1. The standard InChI is InChI=1S/C21H27F3N6O2/c1-14-12-28(8-9-30(14)18-3-2-16(11-25-18)21(22,23)24)13-15-10-26-27-19(15)20(32)29-6-4-17(31)5-7-29/h2-3,10-11,14,17,31H,4-9,12-13H2,1H3,(H,26,27). The zero-order valence-corrected chi connectivity index (χ0v) is 17.8. The summed E-state index contributed by atoms with van der Waals surface area (Å²) in [6.45, 7) is 5.56. The molecule has 8 nitrogen and oxygen atoms in total. The van der Waals surface area contributed by atoms with E-state index in [0.717, 1.165) is 17.8 Å². The first-order valence-corrected chi connectivity index (χ1v) is 10.7. The van der Waals surface area contributed by atoms with Gasteiger partial charge in [0.05, 0.1) is 11.7 Å². The summed E-state index contributed by atoms with van der Waals surface area (Å²) < 4.78 is 38.4. The van der Waals surface area contributed by atoms with Gasteiger partial charge in [0.25, 0.3) is 5.91 Å². The SMILES string of the molecule is CC1CN(Cc2c[nH]nc2C(=O)N2CCC(O)CC2)CCN1c1ccc(C(F)(F)F)cn1. The van der Waals surface area contributed by atoms with Crippen LogP contribution in [0, 0.1) is 0 Å². The van der Waals surface area contributed by atoms with Gasteiger partial charge in [-0.3, -0.25) is 14.8 Å². The van der Waals surface area contributed by atoms with Crippen molar-refractivity contribution >= 4 is 11.7 Å². The molecule has 0 aromatic carbocycles. The molecule has 0 saturated carbocycles. The number of nitrogens with one attached hydrogen (secondary N) is 1. The number of H-pyrrole nitrogens is 1. The van der Waals surface area contributed by atoms with Gasteiger partial charge >= 0.3 is 6.18 Å². The largest absolute Gasteiger partial charge is 0.417 e. The highest BCUT2D eigenvalue weighted by Crippen LogP contribution is 2.30. The number of piperazine rings is 1. The molecule has 1 amide bonds. The number of piperidine rings is 1. The van der Waals surface area contributed by atoms with Crippen LogP contribution in [0.3, 0.4) is 0 Å². The Labute approximate surface area is 184 Å². The maximum absolute atomic E-state index is 12.9. The van der Waals surface area contributed by atoms with Crippen molar-refractivity contribution in [2.24, 2.45) is 0 Å². The third kappa shape index (κ3) is 4.88. The first-order chi connectivity index (χ1) is 15.2. The number of alkyl halides is 3. The van der Waals surface area contributed by atoms with E-state index >= 15 is 0 Å². The lowest BCUT2D eigenvalue weighted by Crippen LogP contribution is -2.52. The Hall–Kier alpha value is -2.66. The van der Waals surface area contributed by atoms with Gasteiger partial charge < -0.3 is 14.9 Å². The second-order valence-corrected chi connectivity index (χ2v) is 8.46. The molecule has 0 radical (unpaired) electrons. The fraction of sp³-hybridized carbons (Fsp3) is 0.571. The number of rotatable bonds is 4. The first kappa shape index (κ1) is 22.5. The second kappa shape index (κ2) is 9.07. The Morgan fingerprint density at radius 1 is 1.22 bits per heavy atom. The van der Waals surface area contributed by atoms with Gasteiger partial charge in [-0.15, -0.1) is 0 Å². The topological polar surface area (TPSA) is 88.6 Å². The summed E-state index contributed by atoms with van der Waals surface area (Å²) in [5, 5.41) is 16.6. The Bertz CT molecular complexity index is 924. The molecule has 4 rings (SSSR count). The summed E-state index contributed by atoms with van der Waals surface area (Å²) in [6, 6.07) is 2.52. The Morgan fingerprint density at radius 3 is 2.59 bits per heavy atom. The minimum Gasteiger partial charge on any atom is -0.393 e. The van der Waals surface area contributed by atoms with Crippen LogP contribution in [0.5, 0.6) is 0 Å². The van der Waals surface area contributed by atoms with Crippen molar-refractivity contribution in [3.8, 4) is 0 Å². The number of aliphatic hydroxyl groups is 1. The number of hydrogen-bond donors (Lipinski definition) is 2. The molecule has 2 aromatic heterocycles. The van der Waals surface area contributed by atoms with Crippen molar-refractivity contribution < 1.29 is 23.1 Å². The van der Waals surface area contributed by atoms with E-state index in [-0.39, 0.29) is 18.1 Å². The molecule has 2 aliphatic heterocycles. The highest BCUT2D eigenvalue weighted by Gasteiger charge is 2.32. The van der Waals surface area contributed by atoms with Crippen LogP contribution in [0.2, 0.25) is 0 Å². The molecular formula is C21H27F3N6O2. The van der Waals surface area contributed by atoms with Crippen LogP contribution < -0.4 is 4.90 Å². The molecule has 2 N–H and O–H groups in total. The van der Waals surface area contributed by atoms with Crippen molar-refractivity contribution in [2.75, 3.05) is 37.6 Å². The third-order valence-corrected chi connectivity index (χ3v) is 6.15. The van der Waals surface area contributed by atoms with Crippen LogP contribution in [0.25, 0.3) is 0 Å². The van der Waals surface area contributed by atoms with Crippen molar-refractivity contribution in [3.05, 3.63) is 41.3 Å². The molecule has 2 aliphatic rings. The van der Waals surface area contributed by atoms with Gasteiger partial charge in [-0.2, -0.15) is 18.3 Å². The summed E-state index contributed by atoms with van der Waals surface area (Å²) in [5.74, 6) is 0.394. The molecule has 174 valence electrons. The van der Waals surface area contributed by atoms with Gasteiger partial charge in [0.15, 0.2) is 5.69 Å². The van der Waals surface area contributed by atoms with Gasteiger partial charge in [0.2, 0.25) is 0 Å². The predicted molar refractivity (Wildman–Crippen MR) is 111 cm³/mol. The smallest absolute Gasteiger partial charge is 0.393 e. The Kier molecular flexibility index (Phi) is 6.38. The number of carbonyl (C=O) groups is 1. The minimum absolute atomic E-state index is 0.0441. The number of hydrogen-bond acceptors (Lipinski definition) is 6. The molecular weight excluding hydrogens is 425 g/mol. The second-order valence-electron chi connectivity index (χ2n) is 8.46. The van der Waals surface area contributed by atoms with Crippen molar-refractivity contribution in [2.45, 2.75) is 44.6 Å². The summed E-state index contributed by atoms with van der Waals surface area (Å²) in [4.78, 5) is 22.8. The number of halogens is 3. The molecule has 4 heterocycles. The zero-order valence-electron chi connectivity index (χ0n) is 17.8. The van der Waals surface area contributed by atoms with Crippen molar-refractivity contribution in [1.82, 2.24) is 25.0 Å². The van der Waals surface area contributed by atoms with E-state index in [1.807, 2.05) is 11.8 Å². The third-order valence-electron chi connectivity index (χ3n) is 6.15. The predicted octanol–water partition coefficient (Wildman–Crippen LogP) is 2.13. The number of nitrogens with zero attached hydrogens (tertiary/aromatic N) is 5. The number of aliphatic hydroxyl groups excluding tert-OH is 1. The van der Waals surface area contributed by atoms with Gasteiger partial charge in [0, 0.05) is 63.3 Å². The fourth-order valence-corrected chi connectivity index (χ4v) is 4.32. The van der Waals surface area contributed by atoms with E-state index in [1.54, 1.807) is 11.1 Å². The molecule has 32 heavy (non-hydrogen) atoms. The average Bonchev–Trinajstić information content (AvgIpc) is 3.21. The normalized spacial score (nSPS) is 21.2. The monoisotopic (exact) mass is 452 g/mol. The molecule has 1 unspecified atom stereocenters. The van der Waals surface area contributed by atoms with E-state index in [1.165, 1.54) is 6.07 Å². The highest BCUT2D eigenvalue weighted by atomic mass is 19.4. The van der Waals surface area contributed by atoms with E-state index in [9.17, 15) is 23.1 Å². The fourth-order valence-electron chi connectivity index (χ4n) is 4.32. The summed E-state index contributed by atoms with van der Waals surface area (Å²) >= 11 is 0. The van der Waals surface area contributed by atoms with Crippen LogP contribution in [0.4, 0.5) is 19.0 Å². The summed E-state index contributed by atoms with van der Waals surface area (Å²) in [7, 11) is 0. The number of carbonyl (C=O) groups excluding carboxylic acids is 1. The first-order valence-electron chi connectivity index (χ1n) is 10.7. The molecule has 0 bridgehead atoms. The van der Waals surface area contributed by atoms with Crippen molar-refractivity contribution in [3.63, 3.8) is 0 Å². The van der Waals surface area contributed by atoms with Crippen LogP contribution in [0.15, 0.2) is 24.5 Å². The number of amides is 1. The van der Waals surface area contributed by atoms with Crippen LogP contribution >= 0.6 is 0 Å². The average molecular weight is 452 g/mol. The van der Waals surface area contributed by atoms with E-state index in [4.69, 9.17) is 0 Å². The number of anilines is 1. The number of aromatic amines is 1. The Balaban J connectivity index is 1.37. The zero-order chi connectivity index (χ0) is 22.9. The van der Waals surface area contributed by atoms with Crippen molar-refractivity contribution in [1.29, 1.82) is 0 Å². The molecule has 0 aliphatic carbocycles.